The van der Waals surface area contributed by atoms with Gasteiger partial charge in [-0.1, -0.05) is 0 Å². The fraction of sp³-hybridized carbons (Fsp3) is 0. The van der Waals surface area contributed by atoms with E-state index in [9.17, 15) is 0 Å². The molecule has 0 saturated heterocycles. The molecule has 0 aromatic heterocycles. The van der Waals surface area contributed by atoms with Crippen molar-refractivity contribution in [2.45, 2.75) is 0 Å². The summed E-state index contributed by atoms with van der Waals surface area (Å²) in [7, 11) is -5.80. The molecule has 3 N–H and O–H groups in total. The first-order valence-electron chi connectivity index (χ1n) is 1.39. The molecule has 10 heteroatoms. The average Bonchev–Trinajstić information content (AvgIpc) is 1.25. The third-order valence-electron chi connectivity index (χ3n) is 0. The minimum Gasteiger partial charge on any atom is -0.672 e. The quantitative estimate of drug-likeness (QED) is 0.345. The molecule has 0 amide bonds. The summed E-state index contributed by atoms with van der Waals surface area (Å²) >= 11 is 0. The van der Waals surface area contributed by atoms with Crippen molar-refractivity contribution >= 4 is 16.5 Å². The summed E-state index contributed by atoms with van der Waals surface area (Å²) in [4.78, 5) is 17.0. The van der Waals surface area contributed by atoms with Crippen LogP contribution in [0.5, 0.6) is 0 Å². The fourth-order valence-electron chi connectivity index (χ4n) is 0. The molecule has 10 heavy (non-hydrogen) atoms. The van der Waals surface area contributed by atoms with Gasteiger partial charge >= 0.3 is 110 Å². The summed E-state index contributed by atoms with van der Waals surface area (Å²) in [5.41, 5.74) is 0. The first-order valence-corrected chi connectivity index (χ1v) is 2.61. The van der Waals surface area contributed by atoms with Crippen LogP contribution in [-0.4, -0.2) is 31.6 Å². The van der Waals surface area contributed by atoms with Gasteiger partial charge in [-0.3, -0.25) is 0 Å². The van der Waals surface area contributed by atoms with Gasteiger partial charge in [0.2, 0.25) is 0 Å². The Morgan fingerprint density at radius 3 is 1.10 bits per heavy atom. The molecule has 0 aromatic carbocycles. The monoisotopic (exact) mass is 216 g/mol. The van der Waals surface area contributed by atoms with E-state index in [4.69, 9.17) is 29.1 Å². The molecule has 0 radical (unpaired) electrons. The molecule has 0 aliphatic rings. The Morgan fingerprint density at radius 2 is 1.10 bits per heavy atom. The van der Waals surface area contributed by atoms with Crippen LogP contribution in [0.15, 0.2) is 0 Å². The molecule has 0 bridgehead atoms. The Balaban J connectivity index is -0.0000000300. The smallest absolute Gasteiger partial charge is 0.672 e. The van der Waals surface area contributed by atoms with Crippen LogP contribution in [0.4, 0.5) is 0 Å². The SMILES string of the molecule is O=[Si]([O-])[O-].OB(O)O.[K+].[K+]. The molecule has 0 spiro atoms. The van der Waals surface area contributed by atoms with Crippen LogP contribution in [0.1, 0.15) is 0 Å². The van der Waals surface area contributed by atoms with Crippen molar-refractivity contribution in [1.82, 2.24) is 0 Å². The first kappa shape index (κ1) is 23.0. The Bertz CT molecular complexity index is 60.0. The van der Waals surface area contributed by atoms with Crippen molar-refractivity contribution in [3.8, 4) is 0 Å². The van der Waals surface area contributed by atoms with Crippen molar-refractivity contribution in [3.63, 3.8) is 0 Å². The Morgan fingerprint density at radius 1 is 1.10 bits per heavy atom. The van der Waals surface area contributed by atoms with Crippen LogP contribution >= 0.6 is 0 Å². The maximum absolute atomic E-state index is 8.52. The minimum atomic E-state index is -3.63. The van der Waals surface area contributed by atoms with Gasteiger partial charge in [0.05, 0.1) is 0 Å². The Labute approximate surface area is 145 Å². The van der Waals surface area contributed by atoms with Crippen molar-refractivity contribution < 1.29 is 132 Å². The van der Waals surface area contributed by atoms with E-state index in [1.54, 1.807) is 0 Å². The second-order valence-corrected chi connectivity index (χ2v) is 1.10. The molecule has 6 nitrogen and oxygen atoms in total. The molecule has 0 saturated carbocycles. The summed E-state index contributed by atoms with van der Waals surface area (Å²) in [6.45, 7) is 0. The maximum atomic E-state index is 8.52. The summed E-state index contributed by atoms with van der Waals surface area (Å²) in [6, 6.07) is 0. The number of hydrogen-bond donors (Lipinski definition) is 3. The molecule has 0 atom stereocenters. The van der Waals surface area contributed by atoms with Gasteiger partial charge < -0.3 is 29.1 Å². The second-order valence-electron chi connectivity index (χ2n) is 0.596. The minimum absolute atomic E-state index is 0. The summed E-state index contributed by atoms with van der Waals surface area (Å²) < 4.78 is 8.52. The van der Waals surface area contributed by atoms with Gasteiger partial charge in [-0.25, -0.2) is 0 Å². The van der Waals surface area contributed by atoms with Gasteiger partial charge in [0.1, 0.15) is 0 Å². The summed E-state index contributed by atoms with van der Waals surface area (Å²) in [5, 5.41) is 21.5. The van der Waals surface area contributed by atoms with Gasteiger partial charge in [0.15, 0.2) is 0 Å². The fourth-order valence-corrected chi connectivity index (χ4v) is 0. The second kappa shape index (κ2) is 17.8. The predicted molar refractivity (Wildman–Crippen MR) is 18.9 cm³/mol. The predicted octanol–water partition coefficient (Wildman–Crippen LogP) is -10.9. The molecule has 48 valence electrons. The van der Waals surface area contributed by atoms with Gasteiger partial charge in [-0.05, 0) is 0 Å². The van der Waals surface area contributed by atoms with Gasteiger partial charge in [0.25, 0.3) is 0 Å². The first-order chi connectivity index (χ1) is 3.46. The van der Waals surface area contributed by atoms with E-state index in [1.807, 2.05) is 0 Å². The van der Waals surface area contributed by atoms with E-state index in [0.29, 0.717) is 0 Å². The topological polar surface area (TPSA) is 124 Å². The van der Waals surface area contributed by atoms with Crippen LogP contribution in [0, 0.1) is 0 Å². The van der Waals surface area contributed by atoms with Crippen LogP contribution in [0.3, 0.4) is 0 Å². The van der Waals surface area contributed by atoms with E-state index in [2.05, 4.69) is 0 Å². The normalized spacial score (nSPS) is 5.10. The molecular weight excluding hydrogens is 213 g/mol. The van der Waals surface area contributed by atoms with Gasteiger partial charge in [-0.15, -0.1) is 0 Å². The summed E-state index contributed by atoms with van der Waals surface area (Å²) in [5.74, 6) is 0. The molecule has 0 aliphatic carbocycles. The molecule has 0 rings (SSSR count). The number of rotatable bonds is 0. The molecule has 0 fully saturated rings. The third-order valence-corrected chi connectivity index (χ3v) is 0. The molecule has 0 aliphatic heterocycles. The van der Waals surface area contributed by atoms with Crippen LogP contribution < -0.4 is 112 Å². The van der Waals surface area contributed by atoms with E-state index in [1.165, 1.54) is 0 Å². The van der Waals surface area contributed by atoms with Crippen molar-refractivity contribution in [2.24, 2.45) is 0 Å². The van der Waals surface area contributed by atoms with E-state index in [-0.39, 0.29) is 103 Å². The zero-order valence-corrected chi connectivity index (χ0v) is 12.9. The van der Waals surface area contributed by atoms with E-state index in [0.717, 1.165) is 0 Å². The zero-order chi connectivity index (χ0) is 7.15. The van der Waals surface area contributed by atoms with Gasteiger partial charge in [0, 0.05) is 9.17 Å². The largest absolute Gasteiger partial charge is 1.00 e. The van der Waals surface area contributed by atoms with E-state index >= 15 is 0 Å². The number of hydrogen-bond acceptors (Lipinski definition) is 6. The molecule has 0 aromatic rings. The third kappa shape index (κ3) is 130. The molecular formula is H3BK2O6Si. The maximum Gasteiger partial charge on any atom is 1.00 e. The standard InChI is InChI=1S/BH3O3.2K.O3Si/c2-1(3)4;;;1-4(2)3/h2-4H;;;/q;2*+1;-2. The molecule has 0 unspecified atom stereocenters. The average molecular weight is 216 g/mol. The van der Waals surface area contributed by atoms with Crippen LogP contribution in [0.25, 0.3) is 0 Å². The van der Waals surface area contributed by atoms with Gasteiger partial charge in [-0.2, -0.15) is 0 Å². The van der Waals surface area contributed by atoms with E-state index < -0.39 is 16.5 Å². The summed E-state index contributed by atoms with van der Waals surface area (Å²) in [6.07, 6.45) is 0. The molecule has 0 heterocycles. The zero-order valence-electron chi connectivity index (χ0n) is 5.64. The van der Waals surface area contributed by atoms with Crippen LogP contribution in [-0.2, 0) is 4.46 Å². The Kier molecular flexibility index (Phi) is 41.0. The van der Waals surface area contributed by atoms with Crippen LogP contribution in [0.2, 0.25) is 0 Å². The van der Waals surface area contributed by atoms with Crippen molar-refractivity contribution in [3.05, 3.63) is 0 Å². The Hall–Kier alpha value is 2.83. The van der Waals surface area contributed by atoms with Crippen molar-refractivity contribution in [2.75, 3.05) is 0 Å². The van der Waals surface area contributed by atoms with Crippen molar-refractivity contribution in [1.29, 1.82) is 0 Å².